The lowest BCUT2D eigenvalue weighted by atomic mass is 9.85. The number of nitrogens with zero attached hydrogens (tertiary/aromatic N) is 1. The van der Waals surface area contributed by atoms with Crippen molar-refractivity contribution in [2.45, 2.75) is 46.7 Å². The Balaban J connectivity index is 2.26. The largest absolute Gasteiger partial charge is 0.467 e. The van der Waals surface area contributed by atoms with E-state index in [4.69, 9.17) is 4.74 Å². The second-order valence-corrected chi connectivity index (χ2v) is 8.43. The number of fused-ring (bicyclic) bond motifs is 1. The Morgan fingerprint density at radius 1 is 1.25 bits per heavy atom. The van der Waals surface area contributed by atoms with Crippen LogP contribution >= 0.6 is 0 Å². The first-order chi connectivity index (χ1) is 11.0. The van der Waals surface area contributed by atoms with Crippen LogP contribution in [0.2, 0.25) is 0 Å². The third-order valence-electron chi connectivity index (χ3n) is 5.55. The van der Waals surface area contributed by atoms with Crippen LogP contribution in [0, 0.1) is 22.7 Å². The summed E-state index contributed by atoms with van der Waals surface area (Å²) in [6, 6.07) is -1.70. The summed E-state index contributed by atoms with van der Waals surface area (Å²) in [5.41, 5.74) is -0.437. The van der Waals surface area contributed by atoms with Crippen LogP contribution in [-0.4, -0.2) is 55.6 Å². The highest BCUT2D eigenvalue weighted by atomic mass is 16.5. The quantitative estimate of drug-likeness (QED) is 0.751. The maximum atomic E-state index is 13.1. The average Bonchev–Trinajstić information content (AvgIpc) is 2.87. The van der Waals surface area contributed by atoms with E-state index in [0.29, 0.717) is 12.5 Å². The van der Waals surface area contributed by atoms with Crippen molar-refractivity contribution in [3.05, 3.63) is 0 Å². The van der Waals surface area contributed by atoms with Crippen molar-refractivity contribution in [1.82, 2.24) is 15.5 Å². The number of piperidine rings is 1. The minimum Gasteiger partial charge on any atom is -0.467 e. The Bertz CT molecular complexity index is 553. The van der Waals surface area contributed by atoms with Crippen molar-refractivity contribution in [3.8, 4) is 0 Å². The van der Waals surface area contributed by atoms with Gasteiger partial charge in [-0.1, -0.05) is 34.6 Å². The smallest absolute Gasteiger partial charge is 0.328 e. The lowest BCUT2D eigenvalue weighted by Gasteiger charge is -2.37. The fourth-order valence-corrected chi connectivity index (χ4v) is 3.92. The van der Waals surface area contributed by atoms with E-state index in [1.54, 1.807) is 4.90 Å². The summed E-state index contributed by atoms with van der Waals surface area (Å²) in [4.78, 5) is 38.8. The summed E-state index contributed by atoms with van der Waals surface area (Å²) in [5, 5.41) is 5.19. The molecule has 0 radical (unpaired) electrons. The van der Waals surface area contributed by atoms with E-state index >= 15 is 0 Å². The van der Waals surface area contributed by atoms with Crippen LogP contribution in [0.25, 0.3) is 0 Å². The van der Waals surface area contributed by atoms with Gasteiger partial charge in [-0.05, 0) is 16.7 Å². The average molecular weight is 339 g/mol. The van der Waals surface area contributed by atoms with E-state index in [0.717, 1.165) is 0 Å². The lowest BCUT2D eigenvalue weighted by molar-refractivity contribution is -0.154. The molecule has 2 fully saturated rings. The zero-order chi connectivity index (χ0) is 18.4. The maximum Gasteiger partial charge on any atom is 0.328 e. The molecule has 4 atom stereocenters. The Morgan fingerprint density at radius 2 is 1.83 bits per heavy atom. The summed E-state index contributed by atoms with van der Waals surface area (Å²) < 4.78 is 4.94. The highest BCUT2D eigenvalue weighted by Gasteiger charge is 2.70. The maximum absolute atomic E-state index is 13.1. The topological polar surface area (TPSA) is 87.7 Å². The van der Waals surface area contributed by atoms with E-state index in [9.17, 15) is 14.4 Å². The molecule has 7 heteroatoms. The molecule has 1 unspecified atom stereocenters. The second-order valence-electron chi connectivity index (χ2n) is 8.43. The molecule has 24 heavy (non-hydrogen) atoms. The molecule has 1 aliphatic heterocycles. The standard InChI is InChI=1S/C17H29N3O4/c1-16(2,3)12(19-15(23)18-6)13(21)20-8-9-10(17(9,4)5)11(20)14(22)24-7/h9-12H,8H2,1-7H3,(H2,18,19,23)/t9-,10?,11-,12+/m0/s1. The van der Waals surface area contributed by atoms with E-state index in [2.05, 4.69) is 24.5 Å². The number of esters is 1. The minimum atomic E-state index is -0.717. The highest BCUT2D eigenvalue weighted by molar-refractivity contribution is 5.92. The summed E-state index contributed by atoms with van der Waals surface area (Å²) >= 11 is 0. The van der Waals surface area contributed by atoms with Gasteiger partial charge in [-0.3, -0.25) is 4.79 Å². The first-order valence-electron chi connectivity index (χ1n) is 8.33. The molecule has 0 bridgehead atoms. The van der Waals surface area contributed by atoms with Gasteiger partial charge in [-0.15, -0.1) is 0 Å². The first kappa shape index (κ1) is 18.5. The number of nitrogens with one attached hydrogen (secondary N) is 2. The van der Waals surface area contributed by atoms with Crippen molar-refractivity contribution in [3.63, 3.8) is 0 Å². The number of hydrogen-bond donors (Lipinski definition) is 2. The molecule has 0 aromatic rings. The van der Waals surface area contributed by atoms with Crippen molar-refractivity contribution in [2.24, 2.45) is 22.7 Å². The molecular weight excluding hydrogens is 310 g/mol. The van der Waals surface area contributed by atoms with Gasteiger partial charge in [0.05, 0.1) is 7.11 Å². The fourth-order valence-electron chi connectivity index (χ4n) is 3.92. The van der Waals surface area contributed by atoms with Crippen LogP contribution < -0.4 is 10.6 Å². The third-order valence-corrected chi connectivity index (χ3v) is 5.55. The first-order valence-corrected chi connectivity index (χ1v) is 8.33. The lowest BCUT2D eigenvalue weighted by Crippen LogP contribution is -2.59. The van der Waals surface area contributed by atoms with Gasteiger partial charge in [0.1, 0.15) is 12.1 Å². The summed E-state index contributed by atoms with van der Waals surface area (Å²) in [6.45, 7) is 10.4. The number of urea groups is 1. The van der Waals surface area contributed by atoms with Gasteiger partial charge >= 0.3 is 12.0 Å². The van der Waals surface area contributed by atoms with Gasteiger partial charge < -0.3 is 20.3 Å². The predicted molar refractivity (Wildman–Crippen MR) is 89.1 cm³/mol. The van der Waals surface area contributed by atoms with E-state index in [-0.39, 0.29) is 23.2 Å². The number of rotatable bonds is 3. The zero-order valence-corrected chi connectivity index (χ0v) is 15.6. The Morgan fingerprint density at radius 3 is 2.29 bits per heavy atom. The Labute approximate surface area is 143 Å². The van der Waals surface area contributed by atoms with Crippen LogP contribution in [0.1, 0.15) is 34.6 Å². The molecule has 0 spiro atoms. The monoisotopic (exact) mass is 339 g/mol. The molecule has 3 amide bonds. The number of amides is 3. The molecule has 2 N–H and O–H groups in total. The normalized spacial score (nSPS) is 28.6. The van der Waals surface area contributed by atoms with E-state index in [1.807, 2.05) is 20.8 Å². The van der Waals surface area contributed by atoms with Crippen LogP contribution in [0.5, 0.6) is 0 Å². The molecular formula is C17H29N3O4. The Hall–Kier alpha value is -1.79. The van der Waals surface area contributed by atoms with Crippen molar-refractivity contribution in [1.29, 1.82) is 0 Å². The molecule has 2 aliphatic rings. The second kappa shape index (κ2) is 5.93. The van der Waals surface area contributed by atoms with E-state index in [1.165, 1.54) is 14.2 Å². The number of methoxy groups -OCH3 is 1. The van der Waals surface area contributed by atoms with Gasteiger partial charge in [0, 0.05) is 19.5 Å². The SMILES string of the molecule is CNC(=O)N[C@H](C(=O)N1C[C@H]2C([C@H]1C(=O)OC)C2(C)C)C(C)(C)C. The molecule has 1 saturated heterocycles. The Kier molecular flexibility index (Phi) is 4.59. The van der Waals surface area contributed by atoms with Gasteiger partial charge in [0.2, 0.25) is 5.91 Å². The van der Waals surface area contributed by atoms with Crippen LogP contribution in [-0.2, 0) is 14.3 Å². The molecule has 136 valence electrons. The summed E-state index contributed by atoms with van der Waals surface area (Å²) in [5.74, 6) is -0.195. The molecule has 2 rings (SSSR count). The number of likely N-dealkylation sites (tertiary alicyclic amines) is 1. The van der Waals surface area contributed by atoms with Crippen LogP contribution in [0.4, 0.5) is 4.79 Å². The number of ether oxygens (including phenoxy) is 1. The summed E-state index contributed by atoms with van der Waals surface area (Å²) in [7, 11) is 2.85. The minimum absolute atomic E-state index is 0.0427. The van der Waals surface area contributed by atoms with Crippen LogP contribution in [0.15, 0.2) is 0 Å². The predicted octanol–water partition coefficient (Wildman–Crippen LogP) is 0.986. The van der Waals surface area contributed by atoms with Crippen molar-refractivity contribution < 1.29 is 19.1 Å². The van der Waals surface area contributed by atoms with Crippen molar-refractivity contribution in [2.75, 3.05) is 20.7 Å². The zero-order valence-electron chi connectivity index (χ0n) is 15.6. The van der Waals surface area contributed by atoms with Gasteiger partial charge in [0.25, 0.3) is 0 Å². The van der Waals surface area contributed by atoms with E-state index < -0.39 is 23.5 Å². The number of carbonyl (C=O) groups excluding carboxylic acids is 3. The van der Waals surface area contributed by atoms with Gasteiger partial charge in [0.15, 0.2) is 0 Å². The summed E-state index contributed by atoms with van der Waals surface area (Å²) in [6.07, 6.45) is 0. The third kappa shape index (κ3) is 2.96. The molecule has 1 heterocycles. The fraction of sp³-hybridized carbons (Fsp3) is 0.824. The van der Waals surface area contributed by atoms with Gasteiger partial charge in [-0.2, -0.15) is 0 Å². The molecule has 1 saturated carbocycles. The molecule has 0 aromatic heterocycles. The molecule has 1 aliphatic carbocycles. The van der Waals surface area contributed by atoms with Gasteiger partial charge in [-0.25, -0.2) is 9.59 Å². The molecule has 0 aromatic carbocycles. The number of carbonyl (C=O) groups is 3. The number of hydrogen-bond acceptors (Lipinski definition) is 4. The van der Waals surface area contributed by atoms with Crippen LogP contribution in [0.3, 0.4) is 0 Å². The molecule has 7 nitrogen and oxygen atoms in total. The highest BCUT2D eigenvalue weighted by Crippen LogP contribution is 2.65. The van der Waals surface area contributed by atoms with Crippen molar-refractivity contribution >= 4 is 17.9 Å².